The van der Waals surface area contributed by atoms with Gasteiger partial charge < -0.3 is 25.2 Å². The maximum Gasteiger partial charge on any atom is 0.326 e. The lowest BCUT2D eigenvalue weighted by Gasteiger charge is -2.56. The Morgan fingerprint density at radius 2 is 1.59 bits per heavy atom. The fraction of sp³-hybridized carbons (Fsp3) is 0.483. The quantitative estimate of drug-likeness (QED) is 0.398. The van der Waals surface area contributed by atoms with E-state index in [-0.39, 0.29) is 49.9 Å². The standard InChI is InChI=1S/C29H30Cl2N2O6/c30-21-9-18(27(36)33-5-1-2-23(33)28(37)38)10-22(31)25(21)39-19-3-4-24(34)20(11-19)26(35)32-29-12-15-6-16(13-29)8-17(7-15)14-29/h3-4,9-11,15-17,23,34H,1-2,5-8,12-14H2,(H,32,35)(H,37,38)/t15?,16?,17?,23-,29?/m0/s1. The highest BCUT2D eigenvalue weighted by Gasteiger charge is 2.51. The van der Waals surface area contributed by atoms with E-state index in [0.29, 0.717) is 37.1 Å². The molecule has 2 aromatic carbocycles. The van der Waals surface area contributed by atoms with E-state index in [1.807, 2.05) is 0 Å². The van der Waals surface area contributed by atoms with E-state index in [1.54, 1.807) is 0 Å². The summed E-state index contributed by atoms with van der Waals surface area (Å²) in [4.78, 5) is 39.1. The number of hydrogen-bond acceptors (Lipinski definition) is 5. The topological polar surface area (TPSA) is 116 Å². The molecule has 10 heteroatoms. The van der Waals surface area contributed by atoms with Gasteiger partial charge in [-0.05, 0) is 99.5 Å². The summed E-state index contributed by atoms with van der Waals surface area (Å²) in [6.45, 7) is 0.338. The van der Waals surface area contributed by atoms with Gasteiger partial charge in [-0.1, -0.05) is 23.2 Å². The molecule has 3 N–H and O–H groups in total. The van der Waals surface area contributed by atoms with Crippen LogP contribution >= 0.6 is 23.2 Å². The molecule has 0 spiro atoms. The van der Waals surface area contributed by atoms with E-state index in [2.05, 4.69) is 5.32 Å². The molecule has 1 saturated heterocycles. The van der Waals surface area contributed by atoms with Gasteiger partial charge >= 0.3 is 5.97 Å². The normalized spacial score (nSPS) is 28.9. The third kappa shape index (κ3) is 4.93. The monoisotopic (exact) mass is 572 g/mol. The Hall–Kier alpha value is -2.97. The van der Waals surface area contributed by atoms with Gasteiger partial charge in [0.05, 0.1) is 15.6 Å². The zero-order chi connectivity index (χ0) is 27.5. The van der Waals surface area contributed by atoms with Crippen LogP contribution in [0.15, 0.2) is 30.3 Å². The van der Waals surface area contributed by atoms with Crippen LogP contribution in [0.25, 0.3) is 0 Å². The van der Waals surface area contributed by atoms with Crippen LogP contribution in [-0.4, -0.2) is 51.0 Å². The minimum absolute atomic E-state index is 0.0598. The molecule has 1 atom stereocenters. The largest absolute Gasteiger partial charge is 0.507 e. The van der Waals surface area contributed by atoms with Gasteiger partial charge in [-0.25, -0.2) is 4.79 Å². The van der Waals surface area contributed by atoms with Crippen LogP contribution in [0.5, 0.6) is 17.2 Å². The van der Waals surface area contributed by atoms with Gasteiger partial charge in [-0.15, -0.1) is 0 Å². The van der Waals surface area contributed by atoms with E-state index in [9.17, 15) is 24.6 Å². The van der Waals surface area contributed by atoms with Crippen molar-refractivity contribution in [1.82, 2.24) is 10.2 Å². The van der Waals surface area contributed by atoms with Gasteiger partial charge in [-0.2, -0.15) is 0 Å². The van der Waals surface area contributed by atoms with E-state index in [0.717, 1.165) is 19.3 Å². The second-order valence-corrected chi connectivity index (χ2v) is 12.5. The van der Waals surface area contributed by atoms with Gasteiger partial charge in [0.1, 0.15) is 17.5 Å². The number of amides is 2. The Kier molecular flexibility index (Phi) is 6.66. The average molecular weight is 573 g/mol. The Labute approximate surface area is 236 Å². The molecule has 4 saturated carbocycles. The highest BCUT2D eigenvalue weighted by molar-refractivity contribution is 6.37. The fourth-order valence-corrected chi connectivity index (χ4v) is 8.23. The number of likely N-dealkylation sites (tertiary alicyclic amines) is 1. The van der Waals surface area contributed by atoms with Gasteiger partial charge in [0, 0.05) is 17.6 Å². The van der Waals surface area contributed by atoms with Crippen LogP contribution in [0.2, 0.25) is 10.0 Å². The number of phenolic OH excluding ortho intramolecular Hbond substituents is 1. The first-order valence-corrected chi connectivity index (χ1v) is 14.2. The lowest BCUT2D eigenvalue weighted by molar-refractivity contribution is -0.141. The van der Waals surface area contributed by atoms with Gasteiger partial charge in [0.2, 0.25) is 0 Å². The number of carbonyl (C=O) groups is 3. The molecule has 2 aromatic rings. The highest BCUT2D eigenvalue weighted by Crippen LogP contribution is 2.55. The molecule has 4 aliphatic carbocycles. The van der Waals surface area contributed by atoms with Gasteiger partial charge in [-0.3, -0.25) is 9.59 Å². The van der Waals surface area contributed by atoms with Crippen LogP contribution in [0, 0.1) is 17.8 Å². The molecule has 0 aromatic heterocycles. The molecule has 39 heavy (non-hydrogen) atoms. The van der Waals surface area contributed by atoms with E-state index < -0.39 is 17.9 Å². The zero-order valence-electron chi connectivity index (χ0n) is 21.3. The molecule has 206 valence electrons. The van der Waals surface area contributed by atoms with Gasteiger partial charge in [0.25, 0.3) is 11.8 Å². The predicted octanol–water partition coefficient (Wildman–Crippen LogP) is 5.88. The number of nitrogens with zero attached hydrogens (tertiary/aromatic N) is 1. The van der Waals surface area contributed by atoms with Crippen molar-refractivity contribution in [1.29, 1.82) is 0 Å². The molecule has 7 rings (SSSR count). The van der Waals surface area contributed by atoms with E-state index in [4.69, 9.17) is 27.9 Å². The minimum atomic E-state index is -1.05. The van der Waals surface area contributed by atoms with Crippen molar-refractivity contribution >= 4 is 41.0 Å². The van der Waals surface area contributed by atoms with Crippen molar-refractivity contribution in [3.8, 4) is 17.2 Å². The first-order valence-electron chi connectivity index (χ1n) is 13.5. The Morgan fingerprint density at radius 1 is 0.974 bits per heavy atom. The molecule has 4 bridgehead atoms. The molecule has 8 nitrogen and oxygen atoms in total. The summed E-state index contributed by atoms with van der Waals surface area (Å²) in [5.74, 6) is 0.328. The minimum Gasteiger partial charge on any atom is -0.507 e. The molecule has 0 unspecified atom stereocenters. The number of ether oxygens (including phenoxy) is 1. The van der Waals surface area contributed by atoms with Crippen molar-refractivity contribution < 1.29 is 29.3 Å². The first-order chi connectivity index (χ1) is 18.6. The van der Waals surface area contributed by atoms with E-state index >= 15 is 0 Å². The SMILES string of the molecule is O=C(NC12CC3CC(CC(C3)C1)C2)c1cc(Oc2c(Cl)cc(C(=O)N3CCC[C@H]3C(=O)O)cc2Cl)ccc1O. The highest BCUT2D eigenvalue weighted by atomic mass is 35.5. The number of halogens is 2. The van der Waals surface area contributed by atoms with Gasteiger partial charge in [0.15, 0.2) is 5.75 Å². The zero-order valence-corrected chi connectivity index (χ0v) is 22.8. The average Bonchev–Trinajstić information content (AvgIpc) is 3.36. The number of rotatable bonds is 6. The fourth-order valence-electron chi connectivity index (χ4n) is 7.66. The molecule has 0 radical (unpaired) electrons. The summed E-state index contributed by atoms with van der Waals surface area (Å²) in [7, 11) is 0. The second-order valence-electron chi connectivity index (χ2n) is 11.7. The van der Waals surface area contributed by atoms with Crippen molar-refractivity contribution in [3.05, 3.63) is 51.5 Å². The Morgan fingerprint density at radius 3 is 2.18 bits per heavy atom. The predicted molar refractivity (Wildman–Crippen MR) is 145 cm³/mol. The molecule has 5 fully saturated rings. The lowest BCUT2D eigenvalue weighted by Crippen LogP contribution is -2.59. The molecule has 1 heterocycles. The van der Waals surface area contributed by atoms with Crippen LogP contribution in [-0.2, 0) is 4.79 Å². The van der Waals surface area contributed by atoms with Crippen molar-refractivity contribution in [2.75, 3.05) is 6.54 Å². The number of aromatic hydroxyl groups is 1. The third-order valence-electron chi connectivity index (χ3n) is 8.89. The smallest absolute Gasteiger partial charge is 0.326 e. The number of benzene rings is 2. The van der Waals surface area contributed by atoms with Crippen molar-refractivity contribution in [2.45, 2.75) is 62.9 Å². The lowest BCUT2D eigenvalue weighted by atomic mass is 9.53. The molecule has 1 aliphatic heterocycles. The first kappa shape index (κ1) is 26.3. The van der Waals surface area contributed by atoms with Crippen LogP contribution in [0.3, 0.4) is 0 Å². The number of hydrogen-bond donors (Lipinski definition) is 3. The second kappa shape index (κ2) is 9.89. The summed E-state index contributed by atoms with van der Waals surface area (Å²) < 4.78 is 5.93. The molecular formula is C29H30Cl2N2O6. The van der Waals surface area contributed by atoms with Crippen molar-refractivity contribution in [2.24, 2.45) is 17.8 Å². The summed E-state index contributed by atoms with van der Waals surface area (Å²) in [5, 5.41) is 23.3. The van der Waals surface area contributed by atoms with Crippen LogP contribution in [0.1, 0.15) is 72.1 Å². The summed E-state index contributed by atoms with van der Waals surface area (Å²) in [5.41, 5.74) is 0.0573. The number of phenols is 1. The van der Waals surface area contributed by atoms with Crippen LogP contribution in [0.4, 0.5) is 0 Å². The summed E-state index contributed by atoms with van der Waals surface area (Å²) in [6.07, 6.45) is 7.73. The number of carbonyl (C=O) groups excluding carboxylic acids is 2. The number of carboxylic acids is 1. The maximum absolute atomic E-state index is 13.3. The number of nitrogens with one attached hydrogen (secondary N) is 1. The van der Waals surface area contributed by atoms with E-state index in [1.165, 1.54) is 54.5 Å². The number of carboxylic acid groups (broad SMARTS) is 1. The molecule has 2 amide bonds. The van der Waals surface area contributed by atoms with Crippen molar-refractivity contribution in [3.63, 3.8) is 0 Å². The Bertz CT molecular complexity index is 1300. The van der Waals surface area contributed by atoms with Crippen LogP contribution < -0.4 is 10.1 Å². The maximum atomic E-state index is 13.3. The number of aliphatic carboxylic acids is 1. The summed E-state index contributed by atoms with van der Waals surface area (Å²) in [6, 6.07) is 6.25. The molecule has 5 aliphatic rings. The molecular weight excluding hydrogens is 543 g/mol. The Balaban J connectivity index is 1.20. The summed E-state index contributed by atoms with van der Waals surface area (Å²) >= 11 is 12.9. The third-order valence-corrected chi connectivity index (χ3v) is 9.45.